The summed E-state index contributed by atoms with van der Waals surface area (Å²) in [4.78, 5) is 0. The van der Waals surface area contributed by atoms with Gasteiger partial charge in [0.15, 0.2) is 0 Å². The predicted octanol–water partition coefficient (Wildman–Crippen LogP) is 2.96. The number of halogens is 2. The lowest BCUT2D eigenvalue weighted by Gasteiger charge is -2.22. The van der Waals surface area contributed by atoms with Gasteiger partial charge in [-0.15, -0.1) is 0 Å². The highest BCUT2D eigenvalue weighted by atomic mass is 19.3. The summed E-state index contributed by atoms with van der Waals surface area (Å²) in [5, 5.41) is 0. The molecule has 2 N–H and O–H groups in total. The Morgan fingerprint density at radius 1 is 1.36 bits per heavy atom. The molecule has 0 spiro atoms. The van der Waals surface area contributed by atoms with Gasteiger partial charge in [0.1, 0.15) is 0 Å². The zero-order valence-corrected chi connectivity index (χ0v) is 7.84. The molecule has 1 aromatic rings. The monoisotopic (exact) mass is 197 g/mol. The Morgan fingerprint density at radius 3 is 2.86 bits per heavy atom. The average molecular weight is 197 g/mol. The highest BCUT2D eigenvalue weighted by Crippen LogP contribution is 2.30. The molecule has 0 aliphatic heterocycles. The molecule has 14 heavy (non-hydrogen) atoms. The van der Waals surface area contributed by atoms with Crippen molar-refractivity contribution in [2.45, 2.75) is 31.7 Å². The molecule has 0 saturated heterocycles. The first-order valence-corrected chi connectivity index (χ1v) is 4.85. The lowest BCUT2D eigenvalue weighted by Crippen LogP contribution is -2.17. The van der Waals surface area contributed by atoms with Gasteiger partial charge in [0.25, 0.3) is 6.43 Å². The summed E-state index contributed by atoms with van der Waals surface area (Å²) in [6.45, 7) is 0. The summed E-state index contributed by atoms with van der Waals surface area (Å²) in [6, 6.07) is 4.86. The Hall–Kier alpha value is -0.960. The van der Waals surface area contributed by atoms with Crippen LogP contribution in [-0.2, 0) is 6.42 Å². The maximum atomic E-state index is 12.4. The number of nitrogens with two attached hydrogens (primary N) is 1. The summed E-state index contributed by atoms with van der Waals surface area (Å²) >= 11 is 0. The van der Waals surface area contributed by atoms with Crippen LogP contribution in [0.5, 0.6) is 0 Å². The molecule has 1 aromatic carbocycles. The second-order valence-electron chi connectivity index (χ2n) is 3.76. The van der Waals surface area contributed by atoms with E-state index >= 15 is 0 Å². The predicted molar refractivity (Wildman–Crippen MR) is 51.3 cm³/mol. The van der Waals surface area contributed by atoms with E-state index in [0.29, 0.717) is 0 Å². The molecule has 0 amide bonds. The second kappa shape index (κ2) is 3.65. The molecule has 0 fully saturated rings. The SMILES string of the molecule is N[C@H]1CCCc2cc(C(F)F)ccc21. The normalized spacial score (nSPS) is 21.0. The Morgan fingerprint density at radius 2 is 2.14 bits per heavy atom. The number of fused-ring (bicyclic) bond motifs is 1. The van der Waals surface area contributed by atoms with E-state index in [1.54, 1.807) is 12.1 Å². The Labute approximate surface area is 81.9 Å². The van der Waals surface area contributed by atoms with Gasteiger partial charge in [-0.3, -0.25) is 0 Å². The van der Waals surface area contributed by atoms with E-state index in [1.807, 2.05) is 0 Å². The molecule has 0 bridgehead atoms. The van der Waals surface area contributed by atoms with Gasteiger partial charge in [-0.2, -0.15) is 0 Å². The zero-order valence-electron chi connectivity index (χ0n) is 7.84. The van der Waals surface area contributed by atoms with Crippen molar-refractivity contribution >= 4 is 0 Å². The third kappa shape index (κ3) is 1.64. The molecule has 0 aromatic heterocycles. The van der Waals surface area contributed by atoms with Gasteiger partial charge in [0.2, 0.25) is 0 Å². The largest absolute Gasteiger partial charge is 0.324 e. The van der Waals surface area contributed by atoms with Gasteiger partial charge in [0.05, 0.1) is 0 Å². The number of benzene rings is 1. The van der Waals surface area contributed by atoms with Crippen LogP contribution in [0.15, 0.2) is 18.2 Å². The lowest BCUT2D eigenvalue weighted by molar-refractivity contribution is 0.151. The first-order chi connectivity index (χ1) is 6.68. The summed E-state index contributed by atoms with van der Waals surface area (Å²) in [5.41, 5.74) is 8.04. The number of aryl methyl sites for hydroxylation is 1. The van der Waals surface area contributed by atoms with Crippen LogP contribution in [0.4, 0.5) is 8.78 Å². The van der Waals surface area contributed by atoms with Crippen molar-refractivity contribution in [1.82, 2.24) is 0 Å². The summed E-state index contributed by atoms with van der Waals surface area (Å²) < 4.78 is 24.8. The van der Waals surface area contributed by atoms with E-state index in [0.717, 1.165) is 30.4 Å². The number of hydrogen-bond donors (Lipinski definition) is 1. The Balaban J connectivity index is 2.39. The molecule has 0 unspecified atom stereocenters. The Kier molecular flexibility index (Phi) is 2.50. The van der Waals surface area contributed by atoms with Crippen LogP contribution in [0.2, 0.25) is 0 Å². The first-order valence-electron chi connectivity index (χ1n) is 4.85. The fraction of sp³-hybridized carbons (Fsp3) is 0.455. The minimum absolute atomic E-state index is 0.0328. The number of rotatable bonds is 1. The minimum Gasteiger partial charge on any atom is -0.324 e. The van der Waals surface area contributed by atoms with Gasteiger partial charge >= 0.3 is 0 Å². The quantitative estimate of drug-likeness (QED) is 0.735. The van der Waals surface area contributed by atoms with Crippen molar-refractivity contribution in [1.29, 1.82) is 0 Å². The maximum Gasteiger partial charge on any atom is 0.263 e. The molecule has 3 heteroatoms. The van der Waals surface area contributed by atoms with Crippen molar-refractivity contribution in [3.63, 3.8) is 0 Å². The number of alkyl halides is 2. The first kappa shape index (κ1) is 9.59. The van der Waals surface area contributed by atoms with Crippen molar-refractivity contribution in [3.05, 3.63) is 34.9 Å². The van der Waals surface area contributed by atoms with Crippen LogP contribution in [0.25, 0.3) is 0 Å². The molecule has 0 saturated carbocycles. The molecule has 1 nitrogen and oxygen atoms in total. The molecule has 1 atom stereocenters. The molecule has 2 rings (SSSR count). The third-order valence-corrected chi connectivity index (χ3v) is 2.78. The topological polar surface area (TPSA) is 26.0 Å². The minimum atomic E-state index is -2.38. The van der Waals surface area contributed by atoms with Crippen LogP contribution >= 0.6 is 0 Å². The van der Waals surface area contributed by atoms with E-state index in [9.17, 15) is 8.78 Å². The van der Waals surface area contributed by atoms with Crippen LogP contribution < -0.4 is 5.73 Å². The van der Waals surface area contributed by atoms with Crippen LogP contribution in [-0.4, -0.2) is 0 Å². The summed E-state index contributed by atoms with van der Waals surface area (Å²) in [6.07, 6.45) is 0.462. The molecule has 0 radical (unpaired) electrons. The van der Waals surface area contributed by atoms with E-state index in [2.05, 4.69) is 0 Å². The van der Waals surface area contributed by atoms with E-state index in [4.69, 9.17) is 5.73 Å². The second-order valence-corrected chi connectivity index (χ2v) is 3.76. The molecular formula is C11H13F2N. The smallest absolute Gasteiger partial charge is 0.263 e. The van der Waals surface area contributed by atoms with Crippen molar-refractivity contribution in [3.8, 4) is 0 Å². The number of hydrogen-bond acceptors (Lipinski definition) is 1. The molecule has 76 valence electrons. The van der Waals surface area contributed by atoms with Gasteiger partial charge in [-0.05, 0) is 36.5 Å². The molecule has 0 heterocycles. The standard InChI is InChI=1S/C11H13F2N/c12-11(13)8-4-5-9-7(6-8)2-1-3-10(9)14/h4-6,10-11H,1-3,14H2/t10-/m0/s1. The van der Waals surface area contributed by atoms with Gasteiger partial charge in [-0.1, -0.05) is 12.1 Å². The van der Waals surface area contributed by atoms with Crippen LogP contribution in [0.3, 0.4) is 0 Å². The van der Waals surface area contributed by atoms with Crippen LogP contribution in [0, 0.1) is 0 Å². The summed E-state index contributed by atoms with van der Waals surface area (Å²) in [7, 11) is 0. The Bertz CT molecular complexity index is 336. The van der Waals surface area contributed by atoms with E-state index in [-0.39, 0.29) is 11.6 Å². The molecular weight excluding hydrogens is 184 g/mol. The highest BCUT2D eigenvalue weighted by Gasteiger charge is 2.18. The van der Waals surface area contributed by atoms with Crippen molar-refractivity contribution in [2.75, 3.05) is 0 Å². The average Bonchev–Trinajstić information content (AvgIpc) is 2.17. The van der Waals surface area contributed by atoms with Crippen LogP contribution in [0.1, 0.15) is 42.0 Å². The van der Waals surface area contributed by atoms with Crippen molar-refractivity contribution < 1.29 is 8.78 Å². The van der Waals surface area contributed by atoms with Crippen molar-refractivity contribution in [2.24, 2.45) is 5.73 Å². The lowest BCUT2D eigenvalue weighted by atomic mass is 9.87. The van der Waals surface area contributed by atoms with E-state index < -0.39 is 6.43 Å². The molecule has 1 aliphatic rings. The summed E-state index contributed by atoms with van der Waals surface area (Å²) in [5.74, 6) is 0. The van der Waals surface area contributed by atoms with Gasteiger partial charge in [0, 0.05) is 11.6 Å². The third-order valence-electron chi connectivity index (χ3n) is 2.78. The fourth-order valence-corrected chi connectivity index (χ4v) is 2.01. The van der Waals surface area contributed by atoms with Gasteiger partial charge < -0.3 is 5.73 Å². The maximum absolute atomic E-state index is 12.4. The fourth-order valence-electron chi connectivity index (χ4n) is 2.01. The zero-order chi connectivity index (χ0) is 10.1. The van der Waals surface area contributed by atoms with Gasteiger partial charge in [-0.25, -0.2) is 8.78 Å². The highest BCUT2D eigenvalue weighted by molar-refractivity contribution is 5.36. The van der Waals surface area contributed by atoms with E-state index in [1.165, 1.54) is 6.07 Å². The molecule has 1 aliphatic carbocycles.